The number of unbranched alkanes of at least 4 members (excludes halogenated alkanes) is 1. The number of carbonyl (C=O) groups excluding carboxylic acids is 1. The Kier molecular flexibility index (Phi) is 13.5. The Hall–Kier alpha value is -2.69. The molecule has 1 aliphatic rings. The van der Waals surface area contributed by atoms with Crippen molar-refractivity contribution in [2.75, 3.05) is 13.2 Å². The third kappa shape index (κ3) is 9.67. The fraction of sp³-hybridized carbons (Fsp3) is 0.528. The predicted octanol–water partition coefficient (Wildman–Crippen LogP) is 6.79. The zero-order chi connectivity index (χ0) is 30.4. The van der Waals surface area contributed by atoms with Gasteiger partial charge in [-0.15, -0.1) is 12.3 Å². The number of benzene rings is 2. The van der Waals surface area contributed by atoms with E-state index in [0.29, 0.717) is 26.1 Å². The molecule has 1 fully saturated rings. The van der Waals surface area contributed by atoms with Gasteiger partial charge in [-0.3, -0.25) is 4.79 Å². The fourth-order valence-corrected chi connectivity index (χ4v) is 10.4. The van der Waals surface area contributed by atoms with E-state index in [1.807, 2.05) is 6.08 Å². The van der Waals surface area contributed by atoms with Crippen LogP contribution in [-0.2, 0) is 23.4 Å². The minimum Gasteiger partial charge on any atom is -0.456 e. The molecule has 3 rings (SSSR count). The van der Waals surface area contributed by atoms with E-state index >= 15 is 0 Å². The van der Waals surface area contributed by atoms with Crippen LogP contribution in [-0.4, -0.2) is 46.0 Å². The number of rotatable bonds is 15. The molecule has 0 spiro atoms. The summed E-state index contributed by atoms with van der Waals surface area (Å²) in [6.45, 7) is 11.7. The maximum Gasteiger partial charge on any atom is 0.303 e. The van der Waals surface area contributed by atoms with Crippen molar-refractivity contribution in [3.05, 3.63) is 72.8 Å². The van der Waals surface area contributed by atoms with Crippen LogP contribution in [0.3, 0.4) is 0 Å². The summed E-state index contributed by atoms with van der Waals surface area (Å²) in [6, 6.07) is 21.4. The lowest BCUT2D eigenvalue weighted by atomic mass is 9.96. The second-order valence-electron chi connectivity index (χ2n) is 12.4. The Balaban J connectivity index is 1.72. The molecule has 5 nitrogen and oxygen atoms in total. The molecular formula is C36H50O5Si. The standard InChI is InChI=1S/C36H50O5Si/c1-7-19-29(2)28-34(41-35-25-16-18-26-38-35)33(40-30(3)37)24-15-10-17-27-39-42(36(4,5)6,31-20-11-8-12-21-31)32-22-13-9-14-23-32/h1,8-9,11-15,20-24,29,33-35H,10,16-19,25-28H2,2-6H3/t29-,33+,34-,35?/m1/s1. The highest BCUT2D eigenvalue weighted by molar-refractivity contribution is 6.99. The lowest BCUT2D eigenvalue weighted by molar-refractivity contribution is -0.210. The second kappa shape index (κ2) is 16.8. The van der Waals surface area contributed by atoms with Crippen LogP contribution in [0.5, 0.6) is 0 Å². The number of hydrogen-bond donors (Lipinski definition) is 0. The fourth-order valence-electron chi connectivity index (χ4n) is 5.81. The number of esters is 1. The molecule has 6 heteroatoms. The first-order valence-corrected chi connectivity index (χ1v) is 17.4. The quantitative estimate of drug-likeness (QED) is 0.0752. The highest BCUT2D eigenvalue weighted by Crippen LogP contribution is 2.37. The summed E-state index contributed by atoms with van der Waals surface area (Å²) in [4.78, 5) is 12.1. The van der Waals surface area contributed by atoms with Gasteiger partial charge in [0.15, 0.2) is 6.29 Å². The van der Waals surface area contributed by atoms with E-state index in [0.717, 1.165) is 32.1 Å². The maximum atomic E-state index is 12.1. The highest BCUT2D eigenvalue weighted by Gasteiger charge is 2.49. The Morgan fingerprint density at radius 3 is 2.26 bits per heavy atom. The van der Waals surface area contributed by atoms with Crippen molar-refractivity contribution in [3.63, 3.8) is 0 Å². The van der Waals surface area contributed by atoms with Crippen molar-refractivity contribution in [1.82, 2.24) is 0 Å². The van der Waals surface area contributed by atoms with Crippen LogP contribution < -0.4 is 10.4 Å². The first kappa shape index (κ1) is 33.8. The topological polar surface area (TPSA) is 54.0 Å². The number of allylic oxidation sites excluding steroid dienone is 1. The van der Waals surface area contributed by atoms with Gasteiger partial charge in [0, 0.05) is 26.6 Å². The van der Waals surface area contributed by atoms with E-state index in [9.17, 15) is 4.79 Å². The molecule has 228 valence electrons. The third-order valence-electron chi connectivity index (χ3n) is 7.81. The van der Waals surface area contributed by atoms with Crippen molar-refractivity contribution < 1.29 is 23.4 Å². The largest absolute Gasteiger partial charge is 0.456 e. The van der Waals surface area contributed by atoms with Gasteiger partial charge < -0.3 is 18.6 Å². The molecule has 0 amide bonds. The molecule has 1 unspecified atom stereocenters. The van der Waals surface area contributed by atoms with Crippen LogP contribution >= 0.6 is 0 Å². The van der Waals surface area contributed by atoms with E-state index in [2.05, 4.69) is 100 Å². The molecule has 0 saturated carbocycles. The monoisotopic (exact) mass is 590 g/mol. The SMILES string of the molecule is C#CC[C@@H](C)C[C@@H](OC1CCCCO1)[C@H](C=CCCCO[Si](c1ccccc1)(c1ccccc1)C(C)(C)C)OC(C)=O. The Bertz CT molecular complexity index is 1090. The molecular weight excluding hydrogens is 540 g/mol. The summed E-state index contributed by atoms with van der Waals surface area (Å²) in [5.74, 6) is 2.65. The van der Waals surface area contributed by atoms with Gasteiger partial charge in [-0.1, -0.05) is 94.4 Å². The van der Waals surface area contributed by atoms with E-state index in [1.165, 1.54) is 17.3 Å². The van der Waals surface area contributed by atoms with E-state index in [-0.39, 0.29) is 29.3 Å². The van der Waals surface area contributed by atoms with E-state index in [1.54, 1.807) is 0 Å². The Morgan fingerprint density at radius 2 is 1.74 bits per heavy atom. The van der Waals surface area contributed by atoms with Crippen molar-refractivity contribution in [2.24, 2.45) is 5.92 Å². The average molecular weight is 591 g/mol. The van der Waals surface area contributed by atoms with Gasteiger partial charge in [0.1, 0.15) is 12.2 Å². The molecule has 0 N–H and O–H groups in total. The van der Waals surface area contributed by atoms with Gasteiger partial charge in [0.25, 0.3) is 8.32 Å². The van der Waals surface area contributed by atoms with Crippen LogP contribution in [0.15, 0.2) is 72.8 Å². The van der Waals surface area contributed by atoms with Crippen molar-refractivity contribution >= 4 is 24.7 Å². The molecule has 42 heavy (non-hydrogen) atoms. The minimum atomic E-state index is -2.57. The van der Waals surface area contributed by atoms with E-state index < -0.39 is 14.4 Å². The maximum absolute atomic E-state index is 12.1. The molecule has 0 aliphatic carbocycles. The Morgan fingerprint density at radius 1 is 1.10 bits per heavy atom. The van der Waals surface area contributed by atoms with Crippen LogP contribution in [0.2, 0.25) is 5.04 Å². The van der Waals surface area contributed by atoms with Gasteiger partial charge >= 0.3 is 5.97 Å². The lowest BCUT2D eigenvalue weighted by Crippen LogP contribution is -2.66. The molecule has 0 radical (unpaired) electrons. The normalized spacial score (nSPS) is 18.2. The summed E-state index contributed by atoms with van der Waals surface area (Å²) in [7, 11) is -2.57. The molecule has 4 atom stereocenters. The molecule has 2 aromatic rings. The van der Waals surface area contributed by atoms with Crippen LogP contribution in [0.1, 0.15) is 79.6 Å². The summed E-state index contributed by atoms with van der Waals surface area (Å²) in [6.07, 6.45) is 14.4. The lowest BCUT2D eigenvalue weighted by Gasteiger charge is -2.43. The predicted molar refractivity (Wildman–Crippen MR) is 173 cm³/mol. The van der Waals surface area contributed by atoms with Crippen molar-refractivity contribution in [3.8, 4) is 12.3 Å². The third-order valence-corrected chi connectivity index (χ3v) is 12.9. The molecule has 1 saturated heterocycles. The number of carbonyl (C=O) groups is 1. The summed E-state index contributed by atoms with van der Waals surface area (Å²) >= 11 is 0. The molecule has 2 aromatic carbocycles. The molecule has 1 heterocycles. The van der Waals surface area contributed by atoms with Crippen molar-refractivity contribution in [2.45, 2.75) is 103 Å². The van der Waals surface area contributed by atoms with E-state index in [4.69, 9.17) is 25.1 Å². The molecule has 1 aliphatic heterocycles. The minimum absolute atomic E-state index is 0.0627. The van der Waals surface area contributed by atoms with Crippen LogP contribution in [0, 0.1) is 18.3 Å². The molecule has 0 bridgehead atoms. The highest BCUT2D eigenvalue weighted by atomic mass is 28.4. The number of hydrogen-bond acceptors (Lipinski definition) is 5. The van der Waals surface area contributed by atoms with Gasteiger partial charge in [-0.25, -0.2) is 0 Å². The summed E-state index contributed by atoms with van der Waals surface area (Å²) in [5, 5.41) is 2.49. The Labute approximate surface area is 255 Å². The smallest absolute Gasteiger partial charge is 0.303 e. The summed E-state index contributed by atoms with van der Waals surface area (Å²) < 4.78 is 25.0. The van der Waals surface area contributed by atoms with Gasteiger partial charge in [-0.05, 0) is 65.9 Å². The number of ether oxygens (including phenoxy) is 3. The zero-order valence-corrected chi connectivity index (χ0v) is 27.2. The average Bonchev–Trinajstić information content (AvgIpc) is 2.96. The second-order valence-corrected chi connectivity index (χ2v) is 16.7. The zero-order valence-electron chi connectivity index (χ0n) is 26.2. The van der Waals surface area contributed by atoms with Crippen LogP contribution in [0.25, 0.3) is 0 Å². The number of terminal acetylenes is 1. The van der Waals surface area contributed by atoms with Gasteiger partial charge in [0.05, 0.1) is 0 Å². The van der Waals surface area contributed by atoms with Gasteiger partial charge in [-0.2, -0.15) is 0 Å². The van der Waals surface area contributed by atoms with Crippen LogP contribution in [0.4, 0.5) is 0 Å². The van der Waals surface area contributed by atoms with Crippen molar-refractivity contribution in [1.29, 1.82) is 0 Å². The first-order chi connectivity index (χ1) is 20.2. The molecule has 0 aromatic heterocycles. The first-order valence-electron chi connectivity index (χ1n) is 15.5. The summed E-state index contributed by atoms with van der Waals surface area (Å²) in [5.41, 5.74) is 0. The van der Waals surface area contributed by atoms with Gasteiger partial charge in [0.2, 0.25) is 0 Å².